The van der Waals surface area contributed by atoms with Crippen molar-refractivity contribution in [1.82, 2.24) is 4.90 Å². The topological polar surface area (TPSA) is 88.9 Å². The third-order valence-electron chi connectivity index (χ3n) is 4.70. The summed E-state index contributed by atoms with van der Waals surface area (Å²) in [5.74, 6) is -0.237. The van der Waals surface area contributed by atoms with Gasteiger partial charge in [0.15, 0.2) is 6.61 Å². The van der Waals surface area contributed by atoms with Crippen molar-refractivity contribution >= 4 is 28.5 Å². The van der Waals surface area contributed by atoms with Crippen LogP contribution in [0.4, 0.5) is 5.69 Å². The largest absolute Gasteiger partial charge is 0.484 e. The van der Waals surface area contributed by atoms with Gasteiger partial charge < -0.3 is 19.4 Å². The van der Waals surface area contributed by atoms with Crippen LogP contribution in [0.1, 0.15) is 16.7 Å². The minimum absolute atomic E-state index is 0.0957. The lowest BCUT2D eigenvalue weighted by Gasteiger charge is -2.18. The molecule has 2 aromatic carbocycles. The molecule has 3 rings (SSSR count). The number of fused-ring (bicyclic) bond motifs is 1. The van der Waals surface area contributed by atoms with Gasteiger partial charge in [-0.05, 0) is 50.1 Å². The molecule has 2 amide bonds. The number of hydrogen-bond acceptors (Lipinski definition) is 5. The Morgan fingerprint density at radius 3 is 2.40 bits per heavy atom. The number of anilines is 1. The molecule has 7 heteroatoms. The molecular weight excluding hydrogens is 384 g/mol. The van der Waals surface area contributed by atoms with E-state index in [-0.39, 0.29) is 25.0 Å². The Labute approximate surface area is 174 Å². The maximum Gasteiger partial charge on any atom is 0.336 e. The van der Waals surface area contributed by atoms with Gasteiger partial charge in [-0.1, -0.05) is 17.7 Å². The van der Waals surface area contributed by atoms with Gasteiger partial charge in [0.05, 0.1) is 6.54 Å². The maximum absolute atomic E-state index is 12.4. The number of rotatable bonds is 6. The molecule has 156 valence electrons. The number of nitrogens with zero attached hydrogens (tertiary/aromatic N) is 1. The summed E-state index contributed by atoms with van der Waals surface area (Å²) in [6.45, 7) is 5.53. The van der Waals surface area contributed by atoms with Gasteiger partial charge in [0.2, 0.25) is 5.91 Å². The van der Waals surface area contributed by atoms with E-state index in [1.165, 1.54) is 11.0 Å². The van der Waals surface area contributed by atoms with Crippen LogP contribution in [0.2, 0.25) is 0 Å². The van der Waals surface area contributed by atoms with Crippen LogP contribution in [0.25, 0.3) is 11.0 Å². The second kappa shape index (κ2) is 8.82. The molecule has 0 aliphatic carbocycles. The van der Waals surface area contributed by atoms with Crippen molar-refractivity contribution < 1.29 is 18.7 Å². The van der Waals surface area contributed by atoms with Crippen molar-refractivity contribution in [1.29, 1.82) is 0 Å². The third kappa shape index (κ3) is 5.05. The Hall–Kier alpha value is -3.61. The van der Waals surface area contributed by atoms with Gasteiger partial charge in [-0.25, -0.2) is 4.79 Å². The van der Waals surface area contributed by atoms with E-state index < -0.39 is 5.63 Å². The van der Waals surface area contributed by atoms with E-state index in [2.05, 4.69) is 5.32 Å². The highest BCUT2D eigenvalue weighted by Crippen LogP contribution is 2.22. The second-order valence-electron chi connectivity index (χ2n) is 7.31. The van der Waals surface area contributed by atoms with E-state index >= 15 is 0 Å². The van der Waals surface area contributed by atoms with Gasteiger partial charge in [0.1, 0.15) is 11.3 Å². The van der Waals surface area contributed by atoms with E-state index in [1.54, 1.807) is 31.3 Å². The number of likely N-dealkylation sites (N-methyl/N-ethyl adjacent to an activating group) is 1. The summed E-state index contributed by atoms with van der Waals surface area (Å²) in [6, 6.07) is 12.0. The van der Waals surface area contributed by atoms with E-state index in [4.69, 9.17) is 9.15 Å². The molecule has 3 aromatic rings. The van der Waals surface area contributed by atoms with Crippen molar-refractivity contribution in [2.24, 2.45) is 0 Å². The average molecular weight is 408 g/mol. The van der Waals surface area contributed by atoms with Crippen molar-refractivity contribution in [2.45, 2.75) is 20.8 Å². The lowest BCUT2D eigenvalue weighted by Crippen LogP contribution is -2.37. The molecule has 0 aliphatic rings. The molecule has 0 fully saturated rings. The highest BCUT2D eigenvalue weighted by molar-refractivity contribution is 5.96. The summed E-state index contributed by atoms with van der Waals surface area (Å²) in [5.41, 5.74) is 3.76. The predicted molar refractivity (Wildman–Crippen MR) is 115 cm³/mol. The quantitative estimate of drug-likeness (QED) is 0.633. The number of aryl methyl sites for hydroxylation is 3. The number of amides is 2. The van der Waals surface area contributed by atoms with E-state index in [0.29, 0.717) is 11.3 Å². The Kier molecular flexibility index (Phi) is 6.20. The van der Waals surface area contributed by atoms with Gasteiger partial charge in [-0.3, -0.25) is 9.59 Å². The summed E-state index contributed by atoms with van der Waals surface area (Å²) in [4.78, 5) is 37.4. The summed E-state index contributed by atoms with van der Waals surface area (Å²) >= 11 is 0. The zero-order valence-corrected chi connectivity index (χ0v) is 17.4. The molecule has 0 spiro atoms. The highest BCUT2D eigenvalue weighted by Gasteiger charge is 2.15. The Morgan fingerprint density at radius 1 is 1.03 bits per heavy atom. The van der Waals surface area contributed by atoms with Crippen molar-refractivity contribution in [2.75, 3.05) is 25.5 Å². The molecule has 1 N–H and O–H groups in total. The van der Waals surface area contributed by atoms with Gasteiger partial charge in [-0.2, -0.15) is 0 Å². The number of hydrogen-bond donors (Lipinski definition) is 1. The normalized spacial score (nSPS) is 10.7. The van der Waals surface area contributed by atoms with Crippen molar-refractivity contribution in [3.63, 3.8) is 0 Å². The standard InChI is InChI=1S/C23H24N2O5/c1-14-9-15(2)23(16(3)10-14)24-20(26)12-25(4)21(27)13-29-18-7-5-17-6-8-22(28)30-19(17)11-18/h5-11H,12-13H2,1-4H3,(H,24,26). The summed E-state index contributed by atoms with van der Waals surface area (Å²) in [7, 11) is 1.54. The second-order valence-corrected chi connectivity index (χ2v) is 7.31. The lowest BCUT2D eigenvalue weighted by molar-refractivity contribution is -0.135. The van der Waals surface area contributed by atoms with Crippen LogP contribution >= 0.6 is 0 Å². The number of carbonyl (C=O) groups excluding carboxylic acids is 2. The number of benzene rings is 2. The third-order valence-corrected chi connectivity index (χ3v) is 4.70. The first-order valence-corrected chi connectivity index (χ1v) is 9.51. The fourth-order valence-electron chi connectivity index (χ4n) is 3.25. The molecule has 1 heterocycles. The molecule has 0 saturated heterocycles. The molecule has 0 unspecified atom stereocenters. The van der Waals surface area contributed by atoms with Crippen LogP contribution in [0.3, 0.4) is 0 Å². The predicted octanol–water partition coefficient (Wildman–Crippen LogP) is 3.19. The summed E-state index contributed by atoms with van der Waals surface area (Å²) < 4.78 is 10.6. The molecule has 1 aromatic heterocycles. The molecule has 0 aliphatic heterocycles. The van der Waals surface area contributed by atoms with Crippen molar-refractivity contribution in [3.8, 4) is 5.75 Å². The minimum Gasteiger partial charge on any atom is -0.484 e. The SMILES string of the molecule is Cc1cc(C)c(NC(=O)CN(C)C(=O)COc2ccc3ccc(=O)oc3c2)c(C)c1. The molecule has 0 saturated carbocycles. The van der Waals surface area contributed by atoms with Gasteiger partial charge in [-0.15, -0.1) is 0 Å². The zero-order valence-electron chi connectivity index (χ0n) is 17.4. The van der Waals surface area contributed by atoms with Gasteiger partial charge in [0, 0.05) is 30.3 Å². The van der Waals surface area contributed by atoms with Gasteiger partial charge >= 0.3 is 5.63 Å². The van der Waals surface area contributed by atoms with Crippen LogP contribution in [0.5, 0.6) is 5.75 Å². The fourth-order valence-corrected chi connectivity index (χ4v) is 3.25. The molecule has 7 nitrogen and oxygen atoms in total. The monoisotopic (exact) mass is 408 g/mol. The van der Waals surface area contributed by atoms with Crippen LogP contribution in [-0.2, 0) is 9.59 Å². The molecule has 0 radical (unpaired) electrons. The van der Waals surface area contributed by atoms with Crippen LogP contribution in [0, 0.1) is 20.8 Å². The Balaban J connectivity index is 1.57. The van der Waals surface area contributed by atoms with Crippen LogP contribution in [-0.4, -0.2) is 36.9 Å². The minimum atomic E-state index is -0.458. The number of carbonyl (C=O) groups is 2. The molecule has 0 bridgehead atoms. The first-order chi connectivity index (χ1) is 14.2. The number of ether oxygens (including phenoxy) is 1. The Morgan fingerprint density at radius 2 is 1.70 bits per heavy atom. The first-order valence-electron chi connectivity index (χ1n) is 9.51. The van der Waals surface area contributed by atoms with E-state index in [1.807, 2.05) is 32.9 Å². The van der Waals surface area contributed by atoms with Crippen LogP contribution < -0.4 is 15.7 Å². The van der Waals surface area contributed by atoms with E-state index in [9.17, 15) is 14.4 Å². The number of nitrogens with one attached hydrogen (secondary N) is 1. The molecule has 30 heavy (non-hydrogen) atoms. The molecular formula is C23H24N2O5. The zero-order chi connectivity index (χ0) is 21.8. The molecule has 0 atom stereocenters. The van der Waals surface area contributed by atoms with Crippen molar-refractivity contribution in [3.05, 3.63) is 69.6 Å². The highest BCUT2D eigenvalue weighted by atomic mass is 16.5. The van der Waals surface area contributed by atoms with E-state index in [0.717, 1.165) is 27.8 Å². The summed E-state index contributed by atoms with van der Waals surface area (Å²) in [5, 5.41) is 3.63. The fraction of sp³-hybridized carbons (Fsp3) is 0.261. The average Bonchev–Trinajstić information content (AvgIpc) is 2.68. The van der Waals surface area contributed by atoms with Gasteiger partial charge in [0.25, 0.3) is 5.91 Å². The Bertz CT molecular complexity index is 1140. The first kappa shape index (κ1) is 21.1. The van der Waals surface area contributed by atoms with Crippen LogP contribution in [0.15, 0.2) is 51.7 Å². The maximum atomic E-state index is 12.4. The summed E-state index contributed by atoms with van der Waals surface area (Å²) in [6.07, 6.45) is 0. The lowest BCUT2D eigenvalue weighted by atomic mass is 10.1. The smallest absolute Gasteiger partial charge is 0.336 e.